The van der Waals surface area contributed by atoms with Gasteiger partial charge in [-0.3, -0.25) is 14.9 Å². The summed E-state index contributed by atoms with van der Waals surface area (Å²) in [6.07, 6.45) is 0. The maximum atomic E-state index is 12.8. The van der Waals surface area contributed by atoms with E-state index in [4.69, 9.17) is 35.4 Å². The molecule has 0 saturated carbocycles. The number of hydrogen-bond acceptors (Lipinski definition) is 3. The van der Waals surface area contributed by atoms with Crippen LogP contribution in [0.25, 0.3) is 0 Å². The highest BCUT2D eigenvalue weighted by Crippen LogP contribution is 2.22. The van der Waals surface area contributed by atoms with Crippen LogP contribution in [-0.4, -0.2) is 16.9 Å². The summed E-state index contributed by atoms with van der Waals surface area (Å²) in [5, 5.41) is 9.00. The number of anilines is 2. The first-order chi connectivity index (χ1) is 14.7. The minimum atomic E-state index is -0.490. The fraction of sp³-hybridized carbons (Fsp3) is 0.0870. The van der Waals surface area contributed by atoms with Crippen LogP contribution < -0.4 is 16.0 Å². The van der Waals surface area contributed by atoms with Crippen molar-refractivity contribution in [3.05, 3.63) is 93.0 Å². The molecule has 0 aromatic heterocycles. The Labute approximate surface area is 195 Å². The van der Waals surface area contributed by atoms with Crippen LogP contribution in [0, 0.1) is 13.8 Å². The summed E-state index contributed by atoms with van der Waals surface area (Å²) in [5.41, 5.74) is 3.97. The van der Waals surface area contributed by atoms with Crippen molar-refractivity contribution in [2.45, 2.75) is 13.8 Å². The topological polar surface area (TPSA) is 70.2 Å². The van der Waals surface area contributed by atoms with Gasteiger partial charge >= 0.3 is 0 Å². The van der Waals surface area contributed by atoms with E-state index in [2.05, 4.69) is 16.0 Å². The Kier molecular flexibility index (Phi) is 7.28. The zero-order valence-corrected chi connectivity index (χ0v) is 19.1. The zero-order chi connectivity index (χ0) is 22.5. The molecule has 2 amide bonds. The first kappa shape index (κ1) is 22.7. The highest BCUT2D eigenvalue weighted by molar-refractivity contribution is 7.80. The lowest BCUT2D eigenvalue weighted by atomic mass is 10.1. The number of rotatable bonds is 4. The number of thiocarbonyl (C=S) groups is 1. The predicted octanol–water partition coefficient (Wildman–Crippen LogP) is 5.99. The molecule has 3 rings (SSSR count). The predicted molar refractivity (Wildman–Crippen MR) is 130 cm³/mol. The number of para-hydroxylation sites is 1. The number of aryl methyl sites for hydroxylation is 2. The number of nitrogens with one attached hydrogen (secondary N) is 3. The molecule has 31 heavy (non-hydrogen) atoms. The van der Waals surface area contributed by atoms with E-state index in [9.17, 15) is 9.59 Å². The Bertz CT molecular complexity index is 1180. The molecule has 3 aromatic carbocycles. The molecule has 3 aromatic rings. The minimum Gasteiger partial charge on any atom is -0.332 e. The van der Waals surface area contributed by atoms with Crippen LogP contribution in [0.5, 0.6) is 0 Å². The van der Waals surface area contributed by atoms with E-state index in [1.165, 1.54) is 12.1 Å². The van der Waals surface area contributed by atoms with Crippen LogP contribution in [0.3, 0.4) is 0 Å². The summed E-state index contributed by atoms with van der Waals surface area (Å²) in [6, 6.07) is 17.1. The van der Waals surface area contributed by atoms with Crippen molar-refractivity contribution < 1.29 is 9.59 Å². The molecule has 0 aliphatic carbocycles. The normalized spacial score (nSPS) is 10.3. The summed E-state index contributed by atoms with van der Waals surface area (Å²) in [6.45, 7) is 3.99. The smallest absolute Gasteiger partial charge is 0.258 e. The minimum absolute atomic E-state index is 0.0300. The van der Waals surface area contributed by atoms with Crippen LogP contribution >= 0.6 is 35.4 Å². The molecule has 5 nitrogen and oxygen atoms in total. The van der Waals surface area contributed by atoms with Crippen LogP contribution in [0.2, 0.25) is 10.0 Å². The largest absolute Gasteiger partial charge is 0.332 e. The lowest BCUT2D eigenvalue weighted by Gasteiger charge is -2.14. The molecular formula is C23H19Cl2N3O2S. The van der Waals surface area contributed by atoms with Crippen molar-refractivity contribution in [2.24, 2.45) is 0 Å². The highest BCUT2D eigenvalue weighted by atomic mass is 35.5. The number of hydrogen-bond donors (Lipinski definition) is 3. The van der Waals surface area contributed by atoms with E-state index in [0.717, 1.165) is 11.1 Å². The number of carbonyl (C=O) groups excluding carboxylic acids is 2. The van der Waals surface area contributed by atoms with Crippen LogP contribution in [0.4, 0.5) is 11.4 Å². The highest BCUT2D eigenvalue weighted by Gasteiger charge is 2.15. The van der Waals surface area contributed by atoms with Gasteiger partial charge in [-0.25, -0.2) is 0 Å². The van der Waals surface area contributed by atoms with Gasteiger partial charge in [0.15, 0.2) is 5.11 Å². The summed E-state index contributed by atoms with van der Waals surface area (Å²) >= 11 is 17.2. The number of carbonyl (C=O) groups is 2. The lowest BCUT2D eigenvalue weighted by Crippen LogP contribution is -2.34. The van der Waals surface area contributed by atoms with Gasteiger partial charge in [-0.1, -0.05) is 41.4 Å². The van der Waals surface area contributed by atoms with E-state index < -0.39 is 5.91 Å². The third-order valence-electron chi connectivity index (χ3n) is 4.59. The van der Waals surface area contributed by atoms with Gasteiger partial charge in [-0.2, -0.15) is 0 Å². The van der Waals surface area contributed by atoms with Gasteiger partial charge in [0.05, 0.1) is 21.8 Å². The molecule has 158 valence electrons. The molecule has 0 atom stereocenters. The van der Waals surface area contributed by atoms with E-state index in [1.54, 1.807) is 30.3 Å². The van der Waals surface area contributed by atoms with Crippen LogP contribution in [0.1, 0.15) is 31.8 Å². The standard InChI is InChI=1S/C23H19Cl2N3O2S/c1-13-7-9-16(11-14(13)2)26-22(30)18-5-3-4-6-20(18)27-23(31)28-21(29)17-10-8-15(24)12-19(17)25/h3-12H,1-2H3,(H,26,30)(H2,27,28,29,31). The van der Waals surface area contributed by atoms with Crippen molar-refractivity contribution in [2.75, 3.05) is 10.6 Å². The number of benzene rings is 3. The molecular weight excluding hydrogens is 453 g/mol. The average molecular weight is 472 g/mol. The Morgan fingerprint density at radius 2 is 1.55 bits per heavy atom. The van der Waals surface area contributed by atoms with Gasteiger partial charge in [0.2, 0.25) is 0 Å². The van der Waals surface area contributed by atoms with Crippen molar-refractivity contribution in [3.8, 4) is 0 Å². The molecule has 0 aliphatic heterocycles. The van der Waals surface area contributed by atoms with E-state index >= 15 is 0 Å². The van der Waals surface area contributed by atoms with Gasteiger partial charge in [-0.15, -0.1) is 0 Å². The summed E-state index contributed by atoms with van der Waals surface area (Å²) in [7, 11) is 0. The summed E-state index contributed by atoms with van der Waals surface area (Å²) in [4.78, 5) is 25.3. The van der Waals surface area contributed by atoms with Crippen LogP contribution in [0.15, 0.2) is 60.7 Å². The Balaban J connectivity index is 1.72. The Hall–Kier alpha value is -2.93. The first-order valence-electron chi connectivity index (χ1n) is 9.29. The second kappa shape index (κ2) is 9.92. The Morgan fingerprint density at radius 1 is 0.806 bits per heavy atom. The molecule has 0 spiro atoms. The summed E-state index contributed by atoms with van der Waals surface area (Å²) in [5.74, 6) is -0.794. The quantitative estimate of drug-likeness (QED) is 0.408. The van der Waals surface area contributed by atoms with Crippen molar-refractivity contribution >= 4 is 63.7 Å². The van der Waals surface area contributed by atoms with Crippen molar-refractivity contribution in [1.82, 2.24) is 5.32 Å². The van der Waals surface area contributed by atoms with Gasteiger partial charge in [0, 0.05) is 10.7 Å². The molecule has 0 radical (unpaired) electrons. The maximum Gasteiger partial charge on any atom is 0.258 e. The lowest BCUT2D eigenvalue weighted by molar-refractivity contribution is 0.0976. The van der Waals surface area contributed by atoms with E-state index in [1.807, 2.05) is 32.0 Å². The fourth-order valence-electron chi connectivity index (χ4n) is 2.81. The molecule has 0 fully saturated rings. The number of halogens is 2. The molecule has 0 unspecified atom stereocenters. The molecule has 3 N–H and O–H groups in total. The van der Waals surface area contributed by atoms with Gasteiger partial charge in [0.1, 0.15) is 0 Å². The third kappa shape index (κ3) is 5.82. The summed E-state index contributed by atoms with van der Waals surface area (Å²) < 4.78 is 0. The second-order valence-corrected chi connectivity index (χ2v) is 8.08. The maximum absolute atomic E-state index is 12.8. The SMILES string of the molecule is Cc1ccc(NC(=O)c2ccccc2NC(=S)NC(=O)c2ccc(Cl)cc2Cl)cc1C. The molecule has 0 bridgehead atoms. The average Bonchev–Trinajstić information content (AvgIpc) is 2.71. The first-order valence-corrected chi connectivity index (χ1v) is 10.5. The molecule has 0 aliphatic rings. The molecule has 0 saturated heterocycles. The zero-order valence-electron chi connectivity index (χ0n) is 16.8. The van der Waals surface area contributed by atoms with E-state index in [-0.39, 0.29) is 21.6 Å². The van der Waals surface area contributed by atoms with Gasteiger partial charge < -0.3 is 10.6 Å². The Morgan fingerprint density at radius 3 is 2.26 bits per heavy atom. The molecule has 8 heteroatoms. The van der Waals surface area contributed by atoms with E-state index in [0.29, 0.717) is 22.0 Å². The van der Waals surface area contributed by atoms with Crippen LogP contribution in [-0.2, 0) is 0 Å². The van der Waals surface area contributed by atoms with Crippen molar-refractivity contribution in [3.63, 3.8) is 0 Å². The molecule has 0 heterocycles. The van der Waals surface area contributed by atoms with Crippen molar-refractivity contribution in [1.29, 1.82) is 0 Å². The fourth-order valence-corrected chi connectivity index (χ4v) is 3.50. The number of amides is 2. The second-order valence-electron chi connectivity index (χ2n) is 6.83. The van der Waals surface area contributed by atoms with Gasteiger partial charge in [0.25, 0.3) is 11.8 Å². The van der Waals surface area contributed by atoms with Gasteiger partial charge in [-0.05, 0) is 79.7 Å². The third-order valence-corrected chi connectivity index (χ3v) is 5.34. The monoisotopic (exact) mass is 471 g/mol.